The number of benzene rings is 1. The molecule has 0 bridgehead atoms. The van der Waals surface area contributed by atoms with Crippen molar-refractivity contribution in [3.8, 4) is 0 Å². The van der Waals surface area contributed by atoms with Gasteiger partial charge in [-0.15, -0.1) is 11.3 Å². The van der Waals surface area contributed by atoms with Crippen molar-refractivity contribution in [3.05, 3.63) is 74.1 Å². The Kier molecular flexibility index (Phi) is 6.15. The number of pyridine rings is 1. The van der Waals surface area contributed by atoms with Crippen LogP contribution in [0.4, 0.5) is 5.69 Å². The summed E-state index contributed by atoms with van der Waals surface area (Å²) in [5.74, 6) is -0.636. The monoisotopic (exact) mass is 497 g/mol. The molecule has 1 aromatic carbocycles. The van der Waals surface area contributed by atoms with Crippen LogP contribution in [-0.4, -0.2) is 33.1 Å². The number of amides is 2. The third kappa shape index (κ3) is 4.83. The minimum atomic E-state index is -0.339. The van der Waals surface area contributed by atoms with Crippen LogP contribution < -0.4 is 10.6 Å². The van der Waals surface area contributed by atoms with E-state index in [-0.39, 0.29) is 18.4 Å². The van der Waals surface area contributed by atoms with E-state index in [4.69, 9.17) is 0 Å². The average Bonchev–Trinajstić information content (AvgIpc) is 3.38. The van der Waals surface area contributed by atoms with E-state index in [0.29, 0.717) is 34.5 Å². The number of nitrogens with zero attached hydrogens (tertiary/aromatic N) is 3. The van der Waals surface area contributed by atoms with E-state index in [0.717, 1.165) is 14.9 Å². The topological polar surface area (TPSA) is 88.9 Å². The molecule has 0 saturated heterocycles. The molecule has 0 fully saturated rings. The molecule has 0 atom stereocenters. The highest BCUT2D eigenvalue weighted by Gasteiger charge is 2.17. The average molecular weight is 498 g/mol. The van der Waals surface area contributed by atoms with Crippen molar-refractivity contribution in [2.75, 3.05) is 11.9 Å². The van der Waals surface area contributed by atoms with E-state index in [1.165, 1.54) is 0 Å². The molecule has 2 N–H and O–H groups in total. The van der Waals surface area contributed by atoms with Gasteiger partial charge in [0, 0.05) is 20.7 Å². The van der Waals surface area contributed by atoms with Gasteiger partial charge in [0.2, 0.25) is 5.91 Å². The Morgan fingerprint density at radius 2 is 2.03 bits per heavy atom. The number of rotatable bonds is 6. The third-order valence-corrected chi connectivity index (χ3v) is 6.09. The molecule has 4 rings (SSSR count). The van der Waals surface area contributed by atoms with Crippen LogP contribution in [0.2, 0.25) is 0 Å². The molecule has 0 spiro atoms. The molecule has 158 valence electrons. The fourth-order valence-corrected chi connectivity index (χ4v) is 4.41. The Balaban J connectivity index is 1.48. The zero-order valence-corrected chi connectivity index (χ0v) is 19.4. The standard InChI is InChI=1S/C22H20BrN5O2S/c1-13-8-15(23)5-6-19(13)27-20(29)11-24-22(30)17-9-14(2)26-21-18(17)10-25-28(21)12-16-4-3-7-31-16/h3-10H,11-12H2,1-2H3,(H,24,30)(H,27,29). The van der Waals surface area contributed by atoms with Crippen molar-refractivity contribution in [2.24, 2.45) is 0 Å². The summed E-state index contributed by atoms with van der Waals surface area (Å²) in [7, 11) is 0. The molecule has 0 saturated carbocycles. The van der Waals surface area contributed by atoms with E-state index < -0.39 is 0 Å². The normalized spacial score (nSPS) is 10.9. The summed E-state index contributed by atoms with van der Waals surface area (Å²) in [5, 5.41) is 12.6. The summed E-state index contributed by atoms with van der Waals surface area (Å²) in [6, 6.07) is 11.3. The van der Waals surface area contributed by atoms with Gasteiger partial charge in [-0.25, -0.2) is 9.67 Å². The Labute approximate surface area is 191 Å². The fourth-order valence-electron chi connectivity index (χ4n) is 3.24. The third-order valence-electron chi connectivity index (χ3n) is 4.74. The van der Waals surface area contributed by atoms with Gasteiger partial charge >= 0.3 is 0 Å². The van der Waals surface area contributed by atoms with Crippen molar-refractivity contribution in [1.29, 1.82) is 0 Å². The first-order valence-electron chi connectivity index (χ1n) is 9.60. The summed E-state index contributed by atoms with van der Waals surface area (Å²) in [6.45, 7) is 4.19. The minimum absolute atomic E-state index is 0.138. The largest absolute Gasteiger partial charge is 0.343 e. The number of hydrogen-bond donors (Lipinski definition) is 2. The molecule has 0 aliphatic carbocycles. The number of carbonyl (C=O) groups is 2. The molecule has 31 heavy (non-hydrogen) atoms. The first-order valence-corrected chi connectivity index (χ1v) is 11.3. The lowest BCUT2D eigenvalue weighted by Gasteiger charge is -2.10. The van der Waals surface area contributed by atoms with Crippen molar-refractivity contribution < 1.29 is 9.59 Å². The Morgan fingerprint density at radius 1 is 1.19 bits per heavy atom. The highest BCUT2D eigenvalue weighted by Crippen LogP contribution is 2.21. The van der Waals surface area contributed by atoms with Gasteiger partial charge in [0.25, 0.3) is 5.91 Å². The van der Waals surface area contributed by atoms with E-state index in [1.807, 2.05) is 49.6 Å². The predicted molar refractivity (Wildman–Crippen MR) is 126 cm³/mol. The molecule has 0 radical (unpaired) electrons. The lowest BCUT2D eigenvalue weighted by Crippen LogP contribution is -2.33. The molecule has 2 amide bonds. The number of hydrogen-bond acceptors (Lipinski definition) is 5. The van der Waals surface area contributed by atoms with Gasteiger partial charge in [-0.3, -0.25) is 9.59 Å². The van der Waals surface area contributed by atoms with Crippen LogP contribution in [0.15, 0.2) is 52.4 Å². The number of thiophene rings is 1. The van der Waals surface area contributed by atoms with Gasteiger partial charge in [0.1, 0.15) is 0 Å². The second kappa shape index (κ2) is 8.99. The van der Waals surface area contributed by atoms with Gasteiger partial charge in [-0.1, -0.05) is 22.0 Å². The summed E-state index contributed by atoms with van der Waals surface area (Å²) >= 11 is 5.04. The summed E-state index contributed by atoms with van der Waals surface area (Å²) < 4.78 is 2.72. The molecular formula is C22H20BrN5O2S. The van der Waals surface area contributed by atoms with Crippen molar-refractivity contribution in [3.63, 3.8) is 0 Å². The Morgan fingerprint density at radius 3 is 2.77 bits per heavy atom. The number of nitrogens with one attached hydrogen (secondary N) is 2. The molecule has 4 aromatic rings. The molecular weight excluding hydrogens is 478 g/mol. The van der Waals surface area contributed by atoms with Gasteiger partial charge in [0.05, 0.1) is 30.2 Å². The zero-order chi connectivity index (χ0) is 22.0. The number of fused-ring (bicyclic) bond motifs is 1. The van der Waals surface area contributed by atoms with Gasteiger partial charge in [0.15, 0.2) is 5.65 Å². The Hall–Kier alpha value is -3.04. The van der Waals surface area contributed by atoms with Crippen LogP contribution >= 0.6 is 27.3 Å². The maximum Gasteiger partial charge on any atom is 0.252 e. The van der Waals surface area contributed by atoms with Crippen LogP contribution in [0.1, 0.15) is 26.5 Å². The summed E-state index contributed by atoms with van der Waals surface area (Å²) in [4.78, 5) is 30.9. The molecule has 0 aliphatic rings. The van der Waals surface area contributed by atoms with Crippen molar-refractivity contribution in [2.45, 2.75) is 20.4 Å². The second-order valence-corrected chi connectivity index (χ2v) is 9.07. The van der Waals surface area contributed by atoms with Crippen molar-refractivity contribution >= 4 is 55.8 Å². The first kappa shape index (κ1) is 21.2. The van der Waals surface area contributed by atoms with E-state index in [1.54, 1.807) is 28.3 Å². The van der Waals surface area contributed by atoms with E-state index in [9.17, 15) is 9.59 Å². The highest BCUT2D eigenvalue weighted by molar-refractivity contribution is 9.10. The minimum Gasteiger partial charge on any atom is -0.343 e. The molecule has 3 aromatic heterocycles. The zero-order valence-electron chi connectivity index (χ0n) is 17.0. The molecule has 9 heteroatoms. The molecule has 0 aliphatic heterocycles. The van der Waals surface area contributed by atoms with E-state index in [2.05, 4.69) is 36.6 Å². The van der Waals surface area contributed by atoms with Crippen molar-refractivity contribution in [1.82, 2.24) is 20.1 Å². The fraction of sp³-hybridized carbons (Fsp3) is 0.182. The van der Waals surface area contributed by atoms with Crippen LogP contribution in [0.3, 0.4) is 0 Å². The lowest BCUT2D eigenvalue weighted by atomic mass is 10.1. The molecule has 7 nitrogen and oxygen atoms in total. The van der Waals surface area contributed by atoms with Crippen LogP contribution in [0.25, 0.3) is 11.0 Å². The maximum atomic E-state index is 12.8. The molecule has 3 heterocycles. The number of aryl methyl sites for hydroxylation is 2. The summed E-state index contributed by atoms with van der Waals surface area (Å²) in [6.07, 6.45) is 1.65. The van der Waals surface area contributed by atoms with Crippen LogP contribution in [-0.2, 0) is 11.3 Å². The Bertz CT molecular complexity index is 1270. The first-order chi connectivity index (χ1) is 14.9. The van der Waals surface area contributed by atoms with Gasteiger partial charge in [-0.2, -0.15) is 5.10 Å². The van der Waals surface area contributed by atoms with Crippen LogP contribution in [0.5, 0.6) is 0 Å². The van der Waals surface area contributed by atoms with Crippen LogP contribution in [0, 0.1) is 13.8 Å². The number of anilines is 1. The quantitative estimate of drug-likeness (QED) is 0.415. The SMILES string of the molecule is Cc1cc(C(=O)NCC(=O)Nc2ccc(Br)cc2C)c2cnn(Cc3cccs3)c2n1. The number of halogens is 1. The molecule has 0 unspecified atom stereocenters. The maximum absolute atomic E-state index is 12.8. The van der Waals surface area contributed by atoms with E-state index >= 15 is 0 Å². The second-order valence-electron chi connectivity index (χ2n) is 7.12. The number of carbonyl (C=O) groups excluding carboxylic acids is 2. The summed E-state index contributed by atoms with van der Waals surface area (Å²) in [5.41, 5.74) is 3.44. The highest BCUT2D eigenvalue weighted by atomic mass is 79.9. The predicted octanol–water partition coefficient (Wildman–Crippen LogP) is 4.29. The lowest BCUT2D eigenvalue weighted by molar-refractivity contribution is -0.115. The van der Waals surface area contributed by atoms with Gasteiger partial charge < -0.3 is 10.6 Å². The van der Waals surface area contributed by atoms with Gasteiger partial charge in [-0.05, 0) is 55.1 Å². The smallest absolute Gasteiger partial charge is 0.252 e. The number of aromatic nitrogens is 3.